The van der Waals surface area contributed by atoms with Crippen LogP contribution >= 0.6 is 0 Å². The third-order valence-corrected chi connectivity index (χ3v) is 4.38. The van der Waals surface area contributed by atoms with Crippen LogP contribution in [0.15, 0.2) is 30.3 Å². The first-order chi connectivity index (χ1) is 10.8. The normalized spacial score (nSPS) is 20.5. The first kappa shape index (κ1) is 15.5. The predicted molar refractivity (Wildman–Crippen MR) is 83.2 cm³/mol. The lowest BCUT2D eigenvalue weighted by Gasteiger charge is -2.37. The largest absolute Gasteiger partial charge is 0.347 e. The van der Waals surface area contributed by atoms with Crippen LogP contribution in [0.25, 0.3) is 0 Å². The molecule has 1 amide bonds. The summed E-state index contributed by atoms with van der Waals surface area (Å²) in [4.78, 5) is 14.1. The van der Waals surface area contributed by atoms with E-state index in [1.807, 2.05) is 23.1 Å². The van der Waals surface area contributed by atoms with E-state index >= 15 is 0 Å². The number of nitrogens with one attached hydrogen (secondary N) is 1. The van der Waals surface area contributed by atoms with Crippen molar-refractivity contribution in [2.45, 2.75) is 31.6 Å². The average Bonchev–Trinajstić information content (AvgIpc) is 3.01. The zero-order valence-electron chi connectivity index (χ0n) is 12.9. The molecule has 0 aromatic heterocycles. The molecule has 0 aliphatic carbocycles. The van der Waals surface area contributed by atoms with E-state index in [1.54, 1.807) is 0 Å². The lowest BCUT2D eigenvalue weighted by molar-refractivity contribution is -0.187. The molecule has 5 heteroatoms. The number of rotatable bonds is 5. The molecule has 120 valence electrons. The molecule has 5 nitrogen and oxygen atoms in total. The molecule has 1 N–H and O–H groups in total. The Balaban J connectivity index is 1.34. The second-order valence-corrected chi connectivity index (χ2v) is 5.90. The molecule has 0 radical (unpaired) electrons. The minimum Gasteiger partial charge on any atom is -0.347 e. The highest BCUT2D eigenvalue weighted by Crippen LogP contribution is 2.31. The van der Waals surface area contributed by atoms with Crippen LogP contribution in [0.4, 0.5) is 0 Å². The standard InChI is InChI=1S/C17H24N2O3/c20-16(6-9-18-14-15-4-2-1-3-5-15)19-10-7-17(8-11-19)21-12-13-22-17/h1-5,18H,6-14H2. The molecule has 0 unspecified atom stereocenters. The molecule has 0 saturated carbocycles. The number of nitrogens with zero attached hydrogens (tertiary/aromatic N) is 1. The molecular formula is C17H24N2O3. The summed E-state index contributed by atoms with van der Waals surface area (Å²) < 4.78 is 11.4. The maximum Gasteiger partial charge on any atom is 0.223 e. The maximum atomic E-state index is 12.2. The van der Waals surface area contributed by atoms with Gasteiger partial charge in [-0.1, -0.05) is 30.3 Å². The van der Waals surface area contributed by atoms with Gasteiger partial charge in [-0.3, -0.25) is 4.79 Å². The molecule has 2 aliphatic rings. The lowest BCUT2D eigenvalue weighted by atomic mass is 10.0. The van der Waals surface area contributed by atoms with Crippen LogP contribution in [-0.2, 0) is 20.8 Å². The molecule has 1 aromatic carbocycles. The van der Waals surface area contributed by atoms with Gasteiger partial charge in [0, 0.05) is 45.4 Å². The van der Waals surface area contributed by atoms with Gasteiger partial charge in [-0.25, -0.2) is 0 Å². The van der Waals surface area contributed by atoms with Crippen LogP contribution in [0.2, 0.25) is 0 Å². The Bertz CT molecular complexity index is 476. The van der Waals surface area contributed by atoms with Gasteiger partial charge in [0.2, 0.25) is 5.91 Å². The Morgan fingerprint density at radius 3 is 2.50 bits per heavy atom. The van der Waals surface area contributed by atoms with E-state index in [2.05, 4.69) is 17.4 Å². The molecule has 22 heavy (non-hydrogen) atoms. The molecule has 2 saturated heterocycles. The molecule has 1 aromatic rings. The van der Waals surface area contributed by atoms with Crippen LogP contribution in [0.1, 0.15) is 24.8 Å². The van der Waals surface area contributed by atoms with Crippen molar-refractivity contribution in [1.29, 1.82) is 0 Å². The summed E-state index contributed by atoms with van der Waals surface area (Å²) in [5.74, 6) is -0.184. The van der Waals surface area contributed by atoms with E-state index < -0.39 is 5.79 Å². The van der Waals surface area contributed by atoms with Crippen LogP contribution in [0.5, 0.6) is 0 Å². The van der Waals surface area contributed by atoms with Gasteiger partial charge in [-0.05, 0) is 5.56 Å². The smallest absolute Gasteiger partial charge is 0.223 e. The fourth-order valence-corrected chi connectivity index (χ4v) is 3.06. The number of ether oxygens (including phenoxy) is 2. The summed E-state index contributed by atoms with van der Waals surface area (Å²) in [6.07, 6.45) is 2.12. The summed E-state index contributed by atoms with van der Waals surface area (Å²) >= 11 is 0. The fraction of sp³-hybridized carbons (Fsp3) is 0.588. The number of likely N-dealkylation sites (tertiary alicyclic amines) is 1. The summed E-state index contributed by atoms with van der Waals surface area (Å²) in [5.41, 5.74) is 1.24. The highest BCUT2D eigenvalue weighted by Gasteiger charge is 2.40. The highest BCUT2D eigenvalue weighted by molar-refractivity contribution is 5.76. The Labute approximate surface area is 131 Å². The van der Waals surface area contributed by atoms with E-state index in [0.717, 1.165) is 32.5 Å². The molecule has 2 aliphatic heterocycles. The van der Waals surface area contributed by atoms with Crippen molar-refractivity contribution in [3.63, 3.8) is 0 Å². The van der Waals surface area contributed by atoms with Crippen LogP contribution < -0.4 is 5.32 Å². The minimum absolute atomic E-state index is 0.216. The Kier molecular flexibility index (Phi) is 5.08. The van der Waals surface area contributed by atoms with Gasteiger partial charge in [-0.15, -0.1) is 0 Å². The van der Waals surface area contributed by atoms with E-state index in [4.69, 9.17) is 9.47 Å². The average molecular weight is 304 g/mol. The first-order valence-electron chi connectivity index (χ1n) is 8.08. The second kappa shape index (κ2) is 7.22. The van der Waals surface area contributed by atoms with Gasteiger partial charge < -0.3 is 19.7 Å². The van der Waals surface area contributed by atoms with Gasteiger partial charge in [0.25, 0.3) is 0 Å². The zero-order chi connectivity index (χ0) is 15.3. The quantitative estimate of drug-likeness (QED) is 0.838. The van der Waals surface area contributed by atoms with E-state index in [1.165, 1.54) is 5.56 Å². The van der Waals surface area contributed by atoms with Gasteiger partial charge >= 0.3 is 0 Å². The Morgan fingerprint density at radius 2 is 1.82 bits per heavy atom. The van der Waals surface area contributed by atoms with E-state index in [0.29, 0.717) is 26.2 Å². The molecule has 0 bridgehead atoms. The molecule has 0 atom stereocenters. The number of amides is 1. The fourth-order valence-electron chi connectivity index (χ4n) is 3.06. The van der Waals surface area contributed by atoms with Gasteiger partial charge in [0.1, 0.15) is 0 Å². The molecular weight excluding hydrogens is 280 g/mol. The third kappa shape index (κ3) is 3.85. The summed E-state index contributed by atoms with van der Waals surface area (Å²) in [6.45, 7) is 4.34. The molecule has 3 rings (SSSR count). The summed E-state index contributed by atoms with van der Waals surface area (Å²) in [5, 5.41) is 3.32. The van der Waals surface area contributed by atoms with Crippen molar-refractivity contribution >= 4 is 5.91 Å². The molecule has 2 fully saturated rings. The topological polar surface area (TPSA) is 50.8 Å². The van der Waals surface area contributed by atoms with Gasteiger partial charge in [-0.2, -0.15) is 0 Å². The van der Waals surface area contributed by atoms with Crippen molar-refractivity contribution in [3.8, 4) is 0 Å². The van der Waals surface area contributed by atoms with Gasteiger partial charge in [0.15, 0.2) is 5.79 Å². The zero-order valence-corrected chi connectivity index (χ0v) is 12.9. The van der Waals surface area contributed by atoms with Crippen LogP contribution in [0.3, 0.4) is 0 Å². The SMILES string of the molecule is O=C(CCNCc1ccccc1)N1CCC2(CC1)OCCO2. The monoisotopic (exact) mass is 304 g/mol. The van der Waals surface area contributed by atoms with Gasteiger partial charge in [0.05, 0.1) is 13.2 Å². The van der Waals surface area contributed by atoms with Crippen LogP contribution in [0, 0.1) is 0 Å². The molecule has 2 heterocycles. The lowest BCUT2D eigenvalue weighted by Crippen LogP contribution is -2.47. The first-order valence-corrected chi connectivity index (χ1v) is 8.08. The highest BCUT2D eigenvalue weighted by atomic mass is 16.7. The van der Waals surface area contributed by atoms with Crippen molar-refractivity contribution in [2.75, 3.05) is 32.8 Å². The van der Waals surface area contributed by atoms with E-state index in [9.17, 15) is 4.79 Å². The number of hydrogen-bond donors (Lipinski definition) is 1. The maximum absolute atomic E-state index is 12.2. The number of hydrogen-bond acceptors (Lipinski definition) is 4. The van der Waals surface area contributed by atoms with Crippen molar-refractivity contribution in [1.82, 2.24) is 10.2 Å². The number of carbonyl (C=O) groups excluding carboxylic acids is 1. The van der Waals surface area contributed by atoms with Crippen LogP contribution in [-0.4, -0.2) is 49.4 Å². The van der Waals surface area contributed by atoms with Crippen molar-refractivity contribution < 1.29 is 14.3 Å². The number of piperidine rings is 1. The summed E-state index contributed by atoms with van der Waals surface area (Å²) in [6, 6.07) is 10.2. The summed E-state index contributed by atoms with van der Waals surface area (Å²) in [7, 11) is 0. The molecule has 1 spiro atoms. The van der Waals surface area contributed by atoms with E-state index in [-0.39, 0.29) is 5.91 Å². The number of benzene rings is 1. The Hall–Kier alpha value is -1.43. The van der Waals surface area contributed by atoms with Crippen molar-refractivity contribution in [2.24, 2.45) is 0 Å². The minimum atomic E-state index is -0.400. The third-order valence-electron chi connectivity index (χ3n) is 4.38. The Morgan fingerprint density at radius 1 is 1.14 bits per heavy atom. The van der Waals surface area contributed by atoms with Crippen molar-refractivity contribution in [3.05, 3.63) is 35.9 Å². The number of carbonyl (C=O) groups is 1. The second-order valence-electron chi connectivity index (χ2n) is 5.90. The predicted octanol–water partition coefficient (Wildman–Crippen LogP) is 1.53.